The Morgan fingerprint density at radius 2 is 1.66 bits per heavy atom. The van der Waals surface area contributed by atoms with Crippen LogP contribution in [0.1, 0.15) is 18.4 Å². The molecule has 0 saturated carbocycles. The van der Waals surface area contributed by atoms with Crippen molar-refractivity contribution < 1.29 is 28.5 Å². The molecule has 1 aromatic carbocycles. The molecule has 0 saturated heterocycles. The molecule has 1 aromatic rings. The van der Waals surface area contributed by atoms with Crippen molar-refractivity contribution in [3.63, 3.8) is 0 Å². The van der Waals surface area contributed by atoms with Crippen molar-refractivity contribution in [1.82, 2.24) is 0 Å². The quantitative estimate of drug-likeness (QED) is 0.292. The molecule has 0 bridgehead atoms. The predicted molar refractivity (Wildman–Crippen MR) is 117 cm³/mol. The Labute approximate surface area is 187 Å². The molecule has 1 rings (SSSR count). The third-order valence-corrected chi connectivity index (χ3v) is 4.84. The number of benzene rings is 1. The van der Waals surface area contributed by atoms with E-state index in [1.807, 2.05) is 12.1 Å². The smallest absolute Gasteiger partial charge is 0.335 e. The fraction of sp³-hybridized carbons (Fsp3) is 0.333. The zero-order valence-electron chi connectivity index (χ0n) is 18.6. The normalized spacial score (nSPS) is 12.2. The molecule has 0 radical (unpaired) electrons. The summed E-state index contributed by atoms with van der Waals surface area (Å²) in [4.78, 5) is 25.6. The van der Waals surface area contributed by atoms with Gasteiger partial charge in [-0.15, -0.1) is 13.2 Å². The highest BCUT2D eigenvalue weighted by atomic mass is 16.5. The van der Waals surface area contributed by atoms with Gasteiger partial charge in [-0.3, -0.25) is 4.79 Å². The van der Waals surface area contributed by atoms with E-state index in [9.17, 15) is 20.1 Å². The van der Waals surface area contributed by atoms with E-state index in [1.165, 1.54) is 39.5 Å². The minimum absolute atomic E-state index is 0.00699. The maximum absolute atomic E-state index is 13.0. The number of ether oxygens (including phenoxy) is 4. The van der Waals surface area contributed by atoms with Crippen molar-refractivity contribution >= 4 is 17.5 Å². The number of hydrogen-bond donors (Lipinski definition) is 0. The number of nitriles is 2. The van der Waals surface area contributed by atoms with Crippen LogP contribution in [0.15, 0.2) is 49.1 Å². The first-order valence-electron chi connectivity index (χ1n) is 9.52. The molecule has 0 aliphatic carbocycles. The summed E-state index contributed by atoms with van der Waals surface area (Å²) in [6.45, 7) is 7.28. The average Bonchev–Trinajstić information content (AvgIpc) is 2.83. The lowest BCUT2D eigenvalue weighted by Crippen LogP contribution is -2.29. The summed E-state index contributed by atoms with van der Waals surface area (Å²) in [6, 6.07) is 8.64. The maximum atomic E-state index is 13.0. The molecule has 32 heavy (non-hydrogen) atoms. The van der Waals surface area contributed by atoms with Crippen molar-refractivity contribution in [2.45, 2.75) is 12.8 Å². The van der Waals surface area contributed by atoms with Gasteiger partial charge in [-0.1, -0.05) is 18.2 Å². The third kappa shape index (κ3) is 5.16. The lowest BCUT2D eigenvalue weighted by Gasteiger charge is -2.27. The molecule has 168 valence electrons. The number of methoxy groups -OCH3 is 4. The Hall–Kier alpha value is -4.04. The van der Waals surface area contributed by atoms with Gasteiger partial charge in [0.2, 0.25) is 0 Å². The Kier molecular flexibility index (Phi) is 9.72. The topological polar surface area (TPSA) is 119 Å². The number of carbonyl (C=O) groups is 2. The molecule has 0 spiro atoms. The molecular weight excluding hydrogens is 412 g/mol. The molecule has 1 atom stereocenters. The van der Waals surface area contributed by atoms with Gasteiger partial charge in [0.05, 0.1) is 52.1 Å². The number of esters is 2. The number of allylic oxidation sites excluding steroid dienone is 3. The molecule has 0 aromatic heterocycles. The van der Waals surface area contributed by atoms with Crippen LogP contribution in [-0.2, 0) is 19.1 Å². The predicted octanol–water partition coefficient (Wildman–Crippen LogP) is 3.61. The second-order valence-corrected chi connectivity index (χ2v) is 6.57. The van der Waals surface area contributed by atoms with Crippen molar-refractivity contribution in [2.24, 2.45) is 11.3 Å². The van der Waals surface area contributed by atoms with E-state index < -0.39 is 23.3 Å². The van der Waals surface area contributed by atoms with Gasteiger partial charge in [-0.25, -0.2) is 4.79 Å². The number of carbonyl (C=O) groups excluding carboxylic acids is 2. The molecular formula is C24H26N2O6. The lowest BCUT2D eigenvalue weighted by molar-refractivity contribution is -0.147. The number of hydrogen-bond acceptors (Lipinski definition) is 8. The van der Waals surface area contributed by atoms with E-state index in [2.05, 4.69) is 13.2 Å². The third-order valence-electron chi connectivity index (χ3n) is 4.84. The highest BCUT2D eigenvalue weighted by Crippen LogP contribution is 2.45. The van der Waals surface area contributed by atoms with Crippen LogP contribution >= 0.6 is 0 Å². The summed E-state index contributed by atoms with van der Waals surface area (Å²) in [5.41, 5.74) is -1.76. The van der Waals surface area contributed by atoms with Crippen LogP contribution in [0.25, 0.3) is 5.57 Å². The van der Waals surface area contributed by atoms with Crippen LogP contribution in [0.3, 0.4) is 0 Å². The molecule has 1 unspecified atom stereocenters. The number of nitrogens with zero attached hydrogens (tertiary/aromatic N) is 2. The van der Waals surface area contributed by atoms with Gasteiger partial charge < -0.3 is 18.9 Å². The summed E-state index contributed by atoms with van der Waals surface area (Å²) in [5.74, 6) is -2.10. The minimum Gasteiger partial charge on any atom is -0.493 e. The monoisotopic (exact) mass is 438 g/mol. The van der Waals surface area contributed by atoms with E-state index in [-0.39, 0.29) is 24.0 Å². The van der Waals surface area contributed by atoms with Gasteiger partial charge in [0.15, 0.2) is 16.9 Å². The van der Waals surface area contributed by atoms with Gasteiger partial charge in [-0.2, -0.15) is 10.5 Å². The lowest BCUT2D eigenvalue weighted by atomic mass is 9.71. The van der Waals surface area contributed by atoms with E-state index in [0.29, 0.717) is 17.1 Å². The highest BCUT2D eigenvalue weighted by Gasteiger charge is 2.43. The van der Waals surface area contributed by atoms with Crippen molar-refractivity contribution in [1.29, 1.82) is 10.5 Å². The summed E-state index contributed by atoms with van der Waals surface area (Å²) in [7, 11) is 5.20. The van der Waals surface area contributed by atoms with Gasteiger partial charge in [0, 0.05) is 12.0 Å². The van der Waals surface area contributed by atoms with Crippen molar-refractivity contribution in [3.8, 4) is 23.6 Å². The summed E-state index contributed by atoms with van der Waals surface area (Å²) in [5, 5.41) is 20.2. The average molecular weight is 438 g/mol. The highest BCUT2D eigenvalue weighted by molar-refractivity contribution is 6.05. The van der Waals surface area contributed by atoms with Gasteiger partial charge in [0.1, 0.15) is 0 Å². The second kappa shape index (κ2) is 12.0. The van der Waals surface area contributed by atoms with Crippen molar-refractivity contribution in [3.05, 3.63) is 54.6 Å². The SMILES string of the molecule is C=CCC(C(=O)OC)/C(C(=O)OC)=C(\c1ccc(OC)c(OC)c1)C(C#N)(C#N)CC=C. The van der Waals surface area contributed by atoms with Gasteiger partial charge in [0.25, 0.3) is 0 Å². The fourth-order valence-electron chi connectivity index (χ4n) is 3.34. The Morgan fingerprint density at radius 1 is 1.03 bits per heavy atom. The van der Waals surface area contributed by atoms with Gasteiger partial charge >= 0.3 is 11.9 Å². The molecule has 0 aliphatic heterocycles. The zero-order valence-corrected chi connectivity index (χ0v) is 18.6. The summed E-state index contributed by atoms with van der Waals surface area (Å²) < 4.78 is 20.5. The van der Waals surface area contributed by atoms with Crippen LogP contribution in [-0.4, -0.2) is 40.4 Å². The Balaban J connectivity index is 4.27. The summed E-state index contributed by atoms with van der Waals surface area (Å²) >= 11 is 0. The molecule has 8 heteroatoms. The van der Waals surface area contributed by atoms with E-state index >= 15 is 0 Å². The summed E-state index contributed by atoms with van der Waals surface area (Å²) in [6.07, 6.45) is 2.72. The largest absolute Gasteiger partial charge is 0.493 e. The molecule has 8 nitrogen and oxygen atoms in total. The molecule has 0 amide bonds. The molecule has 0 N–H and O–H groups in total. The molecule has 0 fully saturated rings. The first-order chi connectivity index (χ1) is 15.3. The van der Waals surface area contributed by atoms with Crippen LogP contribution < -0.4 is 9.47 Å². The van der Waals surface area contributed by atoms with Gasteiger partial charge in [-0.05, 0) is 24.1 Å². The fourth-order valence-corrected chi connectivity index (χ4v) is 3.34. The van der Waals surface area contributed by atoms with Crippen LogP contribution in [0, 0.1) is 34.0 Å². The van der Waals surface area contributed by atoms with E-state index in [1.54, 1.807) is 12.1 Å². The van der Waals surface area contributed by atoms with Crippen LogP contribution in [0.2, 0.25) is 0 Å². The Morgan fingerprint density at radius 3 is 2.09 bits per heavy atom. The number of rotatable bonds is 11. The van der Waals surface area contributed by atoms with Crippen molar-refractivity contribution in [2.75, 3.05) is 28.4 Å². The van der Waals surface area contributed by atoms with E-state index in [0.717, 1.165) is 7.11 Å². The zero-order chi connectivity index (χ0) is 24.3. The molecule has 0 heterocycles. The van der Waals surface area contributed by atoms with Crippen LogP contribution in [0.4, 0.5) is 0 Å². The minimum atomic E-state index is -1.86. The molecule has 0 aliphatic rings. The maximum Gasteiger partial charge on any atom is 0.335 e. The standard InChI is InChI=1S/C24H26N2O6/c1-7-9-17(22(27)31-5)20(23(28)32-6)21(24(14-25,15-26)12-8-2)16-10-11-18(29-3)19(13-16)30-4/h7-8,10-11,13,17H,1-2,9,12H2,3-6H3/b21-20-. The Bertz CT molecular complexity index is 983. The first-order valence-corrected chi connectivity index (χ1v) is 9.52. The second-order valence-electron chi connectivity index (χ2n) is 6.57. The van der Waals surface area contributed by atoms with Crippen LogP contribution in [0.5, 0.6) is 11.5 Å². The van der Waals surface area contributed by atoms with E-state index in [4.69, 9.17) is 18.9 Å². The first kappa shape index (κ1) is 26.0.